The van der Waals surface area contributed by atoms with E-state index in [1.807, 2.05) is 0 Å². The van der Waals surface area contributed by atoms with Crippen LogP contribution in [0, 0.1) is 5.82 Å². The van der Waals surface area contributed by atoms with E-state index in [1.54, 1.807) is 42.5 Å². The molecule has 0 saturated carbocycles. The third kappa shape index (κ3) is 3.30. The molecule has 0 aliphatic heterocycles. The number of hydrogen-bond donors (Lipinski definition) is 2. The minimum Gasteiger partial charge on any atom is -0.489 e. The van der Waals surface area contributed by atoms with E-state index < -0.39 is 0 Å². The van der Waals surface area contributed by atoms with E-state index in [9.17, 15) is 4.39 Å². The second-order valence-corrected chi connectivity index (χ2v) is 4.19. The average Bonchev–Trinajstić information content (AvgIpc) is 2.47. The van der Waals surface area contributed by atoms with Crippen molar-refractivity contribution in [3.05, 3.63) is 65.0 Å². The van der Waals surface area contributed by atoms with Gasteiger partial charge in [-0.1, -0.05) is 30.3 Å². The number of benzene rings is 2. The van der Waals surface area contributed by atoms with Crippen molar-refractivity contribution in [1.82, 2.24) is 0 Å². The van der Waals surface area contributed by atoms with Gasteiger partial charge in [-0.25, -0.2) is 4.39 Å². The van der Waals surface area contributed by atoms with Crippen molar-refractivity contribution in [2.75, 3.05) is 0 Å². The van der Waals surface area contributed by atoms with Gasteiger partial charge >= 0.3 is 0 Å². The zero-order valence-electron chi connectivity index (χ0n) is 10.5. The smallest absolute Gasteiger partial charge is 0.134 e. The van der Waals surface area contributed by atoms with Crippen LogP contribution in [-0.4, -0.2) is 5.11 Å². The third-order valence-electron chi connectivity index (χ3n) is 2.88. The van der Waals surface area contributed by atoms with Gasteiger partial charge in [-0.15, -0.1) is 0 Å². The third-order valence-corrected chi connectivity index (χ3v) is 2.88. The number of ether oxygens (including phenoxy) is 1. The van der Waals surface area contributed by atoms with Crippen LogP contribution in [0.15, 0.2) is 42.5 Å². The lowest BCUT2D eigenvalue weighted by Gasteiger charge is -2.09. The summed E-state index contributed by atoms with van der Waals surface area (Å²) in [5, 5.41) is 8.93. The van der Waals surface area contributed by atoms with Crippen LogP contribution >= 0.6 is 0 Å². The molecule has 2 aromatic rings. The van der Waals surface area contributed by atoms with Crippen LogP contribution in [0.1, 0.15) is 16.7 Å². The summed E-state index contributed by atoms with van der Waals surface area (Å²) in [7, 11) is 0. The van der Waals surface area contributed by atoms with Crippen LogP contribution in [0.3, 0.4) is 0 Å². The molecule has 19 heavy (non-hydrogen) atoms. The van der Waals surface area contributed by atoms with Gasteiger partial charge in [0.2, 0.25) is 0 Å². The van der Waals surface area contributed by atoms with Crippen LogP contribution in [0.2, 0.25) is 0 Å². The summed E-state index contributed by atoms with van der Waals surface area (Å²) in [4.78, 5) is 0. The first-order valence-electron chi connectivity index (χ1n) is 6.03. The molecule has 0 aromatic heterocycles. The molecule has 0 amide bonds. The fraction of sp³-hybridized carbons (Fsp3) is 0.200. The molecular weight excluding hydrogens is 245 g/mol. The zero-order valence-corrected chi connectivity index (χ0v) is 10.5. The van der Waals surface area contributed by atoms with E-state index in [-0.39, 0.29) is 25.6 Å². The summed E-state index contributed by atoms with van der Waals surface area (Å²) in [6.07, 6.45) is 0. The number of aliphatic hydroxyl groups is 1. The summed E-state index contributed by atoms with van der Waals surface area (Å²) >= 11 is 0. The summed E-state index contributed by atoms with van der Waals surface area (Å²) in [6.45, 7) is 0.316. The highest BCUT2D eigenvalue weighted by Crippen LogP contribution is 2.17. The Balaban J connectivity index is 2.05. The van der Waals surface area contributed by atoms with Gasteiger partial charge in [0.15, 0.2) is 0 Å². The quantitative estimate of drug-likeness (QED) is 0.868. The molecule has 0 atom stereocenters. The van der Waals surface area contributed by atoms with Crippen molar-refractivity contribution in [3.63, 3.8) is 0 Å². The van der Waals surface area contributed by atoms with Crippen molar-refractivity contribution in [2.45, 2.75) is 19.8 Å². The number of halogens is 1. The molecule has 0 fully saturated rings. The molecule has 0 spiro atoms. The van der Waals surface area contributed by atoms with Gasteiger partial charge in [0.25, 0.3) is 0 Å². The van der Waals surface area contributed by atoms with Crippen molar-refractivity contribution in [2.24, 2.45) is 5.73 Å². The number of hydrogen-bond acceptors (Lipinski definition) is 3. The van der Waals surface area contributed by atoms with Gasteiger partial charge in [-0.3, -0.25) is 0 Å². The SMILES string of the molecule is NCc1cccc(COc2ccc(CO)cc2)c1F. The molecule has 3 N–H and O–H groups in total. The topological polar surface area (TPSA) is 55.5 Å². The Morgan fingerprint density at radius 3 is 2.37 bits per heavy atom. The van der Waals surface area contributed by atoms with Gasteiger partial charge < -0.3 is 15.6 Å². The maximum atomic E-state index is 13.9. The standard InChI is InChI=1S/C15H16FNO2/c16-15-12(8-17)2-1-3-13(15)10-19-14-6-4-11(9-18)5-7-14/h1-7,18H,8-10,17H2. The Morgan fingerprint density at radius 1 is 1.05 bits per heavy atom. The lowest BCUT2D eigenvalue weighted by molar-refractivity contribution is 0.280. The molecule has 0 aliphatic rings. The van der Waals surface area contributed by atoms with Crippen LogP contribution in [0.25, 0.3) is 0 Å². The second-order valence-electron chi connectivity index (χ2n) is 4.19. The maximum Gasteiger partial charge on any atom is 0.134 e. The highest BCUT2D eigenvalue weighted by atomic mass is 19.1. The monoisotopic (exact) mass is 261 g/mol. The van der Waals surface area contributed by atoms with Crippen molar-refractivity contribution in [3.8, 4) is 5.75 Å². The molecular formula is C15H16FNO2. The molecule has 0 unspecified atom stereocenters. The Labute approximate surface area is 111 Å². The van der Waals surface area contributed by atoms with Gasteiger partial charge in [-0.05, 0) is 17.7 Å². The average molecular weight is 261 g/mol. The predicted molar refractivity (Wildman–Crippen MR) is 71.0 cm³/mol. The fourth-order valence-electron chi connectivity index (χ4n) is 1.75. The molecule has 0 bridgehead atoms. The molecule has 4 heteroatoms. The Hall–Kier alpha value is -1.91. The number of nitrogens with two attached hydrogens (primary N) is 1. The maximum absolute atomic E-state index is 13.9. The molecule has 2 aromatic carbocycles. The first kappa shape index (κ1) is 13.5. The van der Waals surface area contributed by atoms with Gasteiger partial charge in [0, 0.05) is 17.7 Å². The summed E-state index contributed by atoms with van der Waals surface area (Å²) in [5.41, 5.74) is 7.23. The van der Waals surface area contributed by atoms with E-state index in [1.165, 1.54) is 0 Å². The summed E-state index contributed by atoms with van der Waals surface area (Å²) in [6, 6.07) is 12.1. The summed E-state index contributed by atoms with van der Waals surface area (Å²) in [5.74, 6) is 0.326. The molecule has 0 saturated heterocycles. The molecule has 0 radical (unpaired) electrons. The first-order valence-corrected chi connectivity index (χ1v) is 6.03. The lowest BCUT2D eigenvalue weighted by Crippen LogP contribution is -2.05. The number of rotatable bonds is 5. The van der Waals surface area contributed by atoms with Crippen molar-refractivity contribution >= 4 is 0 Å². The fourth-order valence-corrected chi connectivity index (χ4v) is 1.75. The van der Waals surface area contributed by atoms with Crippen LogP contribution in [0.4, 0.5) is 4.39 Å². The Bertz CT molecular complexity index is 540. The molecule has 0 heterocycles. The van der Waals surface area contributed by atoms with E-state index in [4.69, 9.17) is 15.6 Å². The van der Waals surface area contributed by atoms with Gasteiger partial charge in [0.05, 0.1) is 6.61 Å². The van der Waals surface area contributed by atoms with Gasteiger partial charge in [-0.2, -0.15) is 0 Å². The first-order chi connectivity index (χ1) is 9.24. The minimum absolute atomic E-state index is 0.00649. The molecule has 0 aliphatic carbocycles. The predicted octanol–water partition coefficient (Wildman–Crippen LogP) is 2.36. The van der Waals surface area contributed by atoms with E-state index in [0.717, 1.165) is 5.56 Å². The van der Waals surface area contributed by atoms with Crippen LogP contribution in [0.5, 0.6) is 5.75 Å². The normalized spacial score (nSPS) is 10.5. The minimum atomic E-state index is -0.308. The Morgan fingerprint density at radius 2 is 1.74 bits per heavy atom. The highest BCUT2D eigenvalue weighted by Gasteiger charge is 2.07. The van der Waals surface area contributed by atoms with Crippen molar-refractivity contribution < 1.29 is 14.2 Å². The molecule has 2 rings (SSSR count). The highest BCUT2D eigenvalue weighted by molar-refractivity contribution is 5.29. The molecule has 3 nitrogen and oxygen atoms in total. The summed E-state index contributed by atoms with van der Waals surface area (Å²) < 4.78 is 19.4. The van der Waals surface area contributed by atoms with Gasteiger partial charge in [0.1, 0.15) is 18.2 Å². The molecule has 100 valence electrons. The van der Waals surface area contributed by atoms with Crippen LogP contribution in [-0.2, 0) is 19.8 Å². The number of aliphatic hydroxyl groups excluding tert-OH is 1. The van der Waals surface area contributed by atoms with E-state index in [0.29, 0.717) is 16.9 Å². The lowest BCUT2D eigenvalue weighted by atomic mass is 10.1. The largest absolute Gasteiger partial charge is 0.489 e. The second kappa shape index (κ2) is 6.31. The van der Waals surface area contributed by atoms with E-state index >= 15 is 0 Å². The van der Waals surface area contributed by atoms with E-state index in [2.05, 4.69) is 0 Å². The Kier molecular flexibility index (Phi) is 4.49. The zero-order chi connectivity index (χ0) is 13.7. The van der Waals surface area contributed by atoms with Crippen LogP contribution < -0.4 is 10.5 Å². The van der Waals surface area contributed by atoms with Crippen molar-refractivity contribution in [1.29, 1.82) is 0 Å².